The van der Waals surface area contributed by atoms with Gasteiger partial charge in [0.2, 0.25) is 0 Å². The monoisotopic (exact) mass is 286 g/mol. The Bertz CT molecular complexity index is 580. The van der Waals surface area contributed by atoms with Gasteiger partial charge in [-0.05, 0) is 30.5 Å². The molecule has 0 radical (unpaired) electrons. The quantitative estimate of drug-likeness (QED) is 0.918. The Morgan fingerprint density at radius 1 is 1.24 bits per heavy atom. The molecule has 0 spiro atoms. The second-order valence-corrected chi connectivity index (χ2v) is 6.37. The smallest absolute Gasteiger partial charge is 0.138 e. The maximum Gasteiger partial charge on any atom is 0.138 e. The third-order valence-electron chi connectivity index (χ3n) is 3.87. The number of aromatic nitrogens is 3. The van der Waals surface area contributed by atoms with E-state index in [9.17, 15) is 0 Å². The van der Waals surface area contributed by atoms with Crippen LogP contribution in [0.1, 0.15) is 50.7 Å². The van der Waals surface area contributed by atoms with Crippen LogP contribution in [-0.2, 0) is 18.4 Å². The first-order valence-electron chi connectivity index (χ1n) is 7.60. The van der Waals surface area contributed by atoms with E-state index in [0.717, 1.165) is 18.8 Å². The second kappa shape index (κ2) is 6.39. The highest BCUT2D eigenvalue weighted by atomic mass is 15.3. The summed E-state index contributed by atoms with van der Waals surface area (Å²) < 4.78 is 1.96. The molecule has 1 unspecified atom stereocenters. The minimum absolute atomic E-state index is 0.129. The van der Waals surface area contributed by atoms with Crippen molar-refractivity contribution in [2.75, 3.05) is 7.05 Å². The van der Waals surface area contributed by atoms with Crippen LogP contribution in [0.3, 0.4) is 0 Å². The van der Waals surface area contributed by atoms with Gasteiger partial charge in [-0.1, -0.05) is 45.0 Å². The Kier molecular flexibility index (Phi) is 4.78. The highest BCUT2D eigenvalue weighted by Crippen LogP contribution is 2.30. The number of aryl methyl sites for hydroxylation is 1. The SMILES string of the molecule is CCn1ncnc1CC(NC)c1ccccc1C(C)(C)C. The van der Waals surface area contributed by atoms with E-state index in [-0.39, 0.29) is 11.5 Å². The lowest BCUT2D eigenvalue weighted by atomic mass is 9.81. The third-order valence-corrected chi connectivity index (χ3v) is 3.87. The van der Waals surface area contributed by atoms with Crippen molar-refractivity contribution < 1.29 is 0 Å². The summed E-state index contributed by atoms with van der Waals surface area (Å²) in [6.45, 7) is 9.72. The van der Waals surface area contributed by atoms with E-state index in [1.807, 2.05) is 11.7 Å². The van der Waals surface area contributed by atoms with Crippen molar-refractivity contribution in [3.63, 3.8) is 0 Å². The maximum absolute atomic E-state index is 4.40. The topological polar surface area (TPSA) is 42.7 Å². The summed E-state index contributed by atoms with van der Waals surface area (Å²) in [7, 11) is 2.01. The van der Waals surface area contributed by atoms with Gasteiger partial charge >= 0.3 is 0 Å². The van der Waals surface area contributed by atoms with Gasteiger partial charge < -0.3 is 5.32 Å². The van der Waals surface area contributed by atoms with Crippen LogP contribution in [-0.4, -0.2) is 21.8 Å². The van der Waals surface area contributed by atoms with Crippen molar-refractivity contribution >= 4 is 0 Å². The van der Waals surface area contributed by atoms with Gasteiger partial charge in [-0.25, -0.2) is 4.98 Å². The normalized spacial score (nSPS) is 13.4. The lowest BCUT2D eigenvalue weighted by Gasteiger charge is -2.27. The minimum Gasteiger partial charge on any atom is -0.313 e. The molecule has 0 fully saturated rings. The summed E-state index contributed by atoms with van der Waals surface area (Å²) in [5, 5.41) is 7.70. The molecule has 2 rings (SSSR count). The molecule has 4 nitrogen and oxygen atoms in total. The first kappa shape index (κ1) is 15.7. The maximum atomic E-state index is 4.40. The molecule has 0 aliphatic rings. The zero-order chi connectivity index (χ0) is 15.5. The molecule has 2 aromatic rings. The number of nitrogens with zero attached hydrogens (tertiary/aromatic N) is 3. The number of hydrogen-bond acceptors (Lipinski definition) is 3. The van der Waals surface area contributed by atoms with Crippen molar-refractivity contribution in [2.24, 2.45) is 0 Å². The second-order valence-electron chi connectivity index (χ2n) is 6.37. The number of rotatable bonds is 5. The van der Waals surface area contributed by atoms with Crippen LogP contribution in [0.15, 0.2) is 30.6 Å². The Labute approximate surface area is 127 Å². The molecule has 114 valence electrons. The average molecular weight is 286 g/mol. The third kappa shape index (κ3) is 3.50. The summed E-state index contributed by atoms with van der Waals surface area (Å²) in [4.78, 5) is 4.40. The predicted molar refractivity (Wildman–Crippen MR) is 86.3 cm³/mol. The first-order valence-corrected chi connectivity index (χ1v) is 7.60. The van der Waals surface area contributed by atoms with E-state index in [2.05, 4.69) is 67.4 Å². The van der Waals surface area contributed by atoms with Gasteiger partial charge in [-0.15, -0.1) is 0 Å². The fourth-order valence-corrected chi connectivity index (χ4v) is 2.74. The van der Waals surface area contributed by atoms with Crippen LogP contribution in [0.4, 0.5) is 0 Å². The molecule has 21 heavy (non-hydrogen) atoms. The van der Waals surface area contributed by atoms with Crippen molar-refractivity contribution in [1.82, 2.24) is 20.1 Å². The van der Waals surface area contributed by atoms with E-state index in [1.54, 1.807) is 6.33 Å². The molecule has 0 aliphatic carbocycles. The van der Waals surface area contributed by atoms with Crippen LogP contribution in [0, 0.1) is 0 Å². The molecule has 1 aromatic carbocycles. The molecule has 1 N–H and O–H groups in total. The lowest BCUT2D eigenvalue weighted by molar-refractivity contribution is 0.511. The molecule has 1 aromatic heterocycles. The fourth-order valence-electron chi connectivity index (χ4n) is 2.74. The predicted octanol–water partition coefficient (Wildman–Crippen LogP) is 3.10. The number of nitrogens with one attached hydrogen (secondary N) is 1. The molecule has 0 saturated carbocycles. The van der Waals surface area contributed by atoms with Crippen LogP contribution < -0.4 is 5.32 Å². The molecule has 0 saturated heterocycles. The van der Waals surface area contributed by atoms with Gasteiger partial charge in [0.1, 0.15) is 12.2 Å². The van der Waals surface area contributed by atoms with Crippen molar-refractivity contribution in [3.05, 3.63) is 47.5 Å². The molecule has 0 amide bonds. The van der Waals surface area contributed by atoms with Crippen LogP contribution in [0.5, 0.6) is 0 Å². The number of hydrogen-bond donors (Lipinski definition) is 1. The first-order chi connectivity index (χ1) is 9.97. The van der Waals surface area contributed by atoms with Gasteiger partial charge in [0, 0.05) is 19.0 Å². The van der Waals surface area contributed by atoms with Crippen LogP contribution >= 0.6 is 0 Å². The minimum atomic E-state index is 0.129. The molecule has 4 heteroatoms. The highest BCUT2D eigenvalue weighted by molar-refractivity contribution is 5.35. The van der Waals surface area contributed by atoms with Gasteiger partial charge in [-0.3, -0.25) is 4.68 Å². The van der Waals surface area contributed by atoms with E-state index >= 15 is 0 Å². The molecule has 0 bridgehead atoms. The summed E-state index contributed by atoms with van der Waals surface area (Å²) in [5.41, 5.74) is 2.86. The van der Waals surface area contributed by atoms with Gasteiger partial charge in [-0.2, -0.15) is 5.10 Å². The van der Waals surface area contributed by atoms with Crippen molar-refractivity contribution in [2.45, 2.75) is 52.1 Å². The van der Waals surface area contributed by atoms with Gasteiger partial charge in [0.25, 0.3) is 0 Å². The molecule has 1 heterocycles. The molecular formula is C17H26N4. The summed E-state index contributed by atoms with van der Waals surface area (Å²) >= 11 is 0. The van der Waals surface area contributed by atoms with Gasteiger partial charge in [0.05, 0.1) is 0 Å². The van der Waals surface area contributed by atoms with E-state index in [0.29, 0.717) is 0 Å². The number of benzene rings is 1. The highest BCUT2D eigenvalue weighted by Gasteiger charge is 2.23. The zero-order valence-corrected chi connectivity index (χ0v) is 13.7. The Morgan fingerprint density at radius 2 is 1.95 bits per heavy atom. The van der Waals surface area contributed by atoms with E-state index < -0.39 is 0 Å². The fraction of sp³-hybridized carbons (Fsp3) is 0.529. The largest absolute Gasteiger partial charge is 0.313 e. The van der Waals surface area contributed by atoms with Crippen LogP contribution in [0.25, 0.3) is 0 Å². The van der Waals surface area contributed by atoms with Crippen molar-refractivity contribution in [1.29, 1.82) is 0 Å². The van der Waals surface area contributed by atoms with E-state index in [4.69, 9.17) is 0 Å². The molecule has 0 aliphatic heterocycles. The average Bonchev–Trinajstić information content (AvgIpc) is 2.91. The zero-order valence-electron chi connectivity index (χ0n) is 13.7. The standard InChI is InChI=1S/C17H26N4/c1-6-21-16(19-12-20-21)11-15(18-5)13-9-7-8-10-14(13)17(2,3)4/h7-10,12,15,18H,6,11H2,1-5H3. The number of likely N-dealkylation sites (N-methyl/N-ethyl adjacent to an activating group) is 1. The van der Waals surface area contributed by atoms with Crippen LogP contribution in [0.2, 0.25) is 0 Å². The summed E-state index contributed by atoms with van der Waals surface area (Å²) in [6, 6.07) is 8.92. The molecular weight excluding hydrogens is 260 g/mol. The summed E-state index contributed by atoms with van der Waals surface area (Å²) in [6.07, 6.45) is 2.48. The Morgan fingerprint density at radius 3 is 2.57 bits per heavy atom. The van der Waals surface area contributed by atoms with Gasteiger partial charge in [0.15, 0.2) is 0 Å². The Hall–Kier alpha value is -1.68. The summed E-state index contributed by atoms with van der Waals surface area (Å²) in [5.74, 6) is 1.03. The van der Waals surface area contributed by atoms with E-state index in [1.165, 1.54) is 11.1 Å². The van der Waals surface area contributed by atoms with Crippen molar-refractivity contribution in [3.8, 4) is 0 Å². The lowest BCUT2D eigenvalue weighted by Crippen LogP contribution is -2.25. The Balaban J connectivity index is 2.34. The molecule has 1 atom stereocenters.